The van der Waals surface area contributed by atoms with E-state index in [0.29, 0.717) is 13.2 Å². The van der Waals surface area contributed by atoms with E-state index >= 15 is 0 Å². The Bertz CT molecular complexity index is 207. The molecule has 0 aromatic carbocycles. The largest absolute Gasteiger partial charge is 0.394 e. The maximum atomic E-state index is 11.6. The van der Waals surface area contributed by atoms with Crippen molar-refractivity contribution in [3.63, 3.8) is 0 Å². The number of carbonyl (C=O) groups excluding carboxylic acids is 1. The van der Waals surface area contributed by atoms with Gasteiger partial charge in [0.1, 0.15) is 0 Å². The number of nitrogens with one attached hydrogen (secondary N) is 2. The zero-order chi connectivity index (χ0) is 12.6. The summed E-state index contributed by atoms with van der Waals surface area (Å²) in [7, 11) is 1.63. The summed E-state index contributed by atoms with van der Waals surface area (Å²) in [5.41, 5.74) is -0.441. The molecule has 0 fully saturated rings. The number of aliphatic hydroxyl groups excluding tert-OH is 1. The number of amides is 1. The van der Waals surface area contributed by atoms with Crippen molar-refractivity contribution in [2.24, 2.45) is 0 Å². The summed E-state index contributed by atoms with van der Waals surface area (Å²) < 4.78 is 4.88. The summed E-state index contributed by atoms with van der Waals surface area (Å²) in [5, 5.41) is 14.9. The minimum atomic E-state index is -0.441. The van der Waals surface area contributed by atoms with Gasteiger partial charge in [0.05, 0.1) is 12.6 Å². The van der Waals surface area contributed by atoms with Crippen molar-refractivity contribution in [3.05, 3.63) is 0 Å². The molecule has 0 aliphatic heterocycles. The van der Waals surface area contributed by atoms with Gasteiger partial charge < -0.3 is 15.2 Å². The second-order valence-electron chi connectivity index (χ2n) is 4.55. The van der Waals surface area contributed by atoms with E-state index in [0.717, 1.165) is 6.42 Å². The molecule has 0 heterocycles. The Labute approximate surface area is 97.6 Å². The number of ether oxygens (including phenoxy) is 1. The summed E-state index contributed by atoms with van der Waals surface area (Å²) in [6.07, 6.45) is 0.804. The summed E-state index contributed by atoms with van der Waals surface area (Å²) in [6.45, 7) is 6.73. The highest BCUT2D eigenvalue weighted by Crippen LogP contribution is 2.01. The summed E-state index contributed by atoms with van der Waals surface area (Å²) >= 11 is 0. The lowest BCUT2D eigenvalue weighted by atomic mass is 10.1. The Morgan fingerprint density at radius 2 is 2.12 bits per heavy atom. The monoisotopic (exact) mass is 232 g/mol. The van der Waals surface area contributed by atoms with E-state index in [1.54, 1.807) is 14.0 Å². The fraction of sp³-hybridized carbons (Fsp3) is 0.909. The van der Waals surface area contributed by atoms with Gasteiger partial charge >= 0.3 is 0 Å². The maximum absolute atomic E-state index is 11.6. The van der Waals surface area contributed by atoms with E-state index in [4.69, 9.17) is 9.84 Å². The molecule has 1 atom stereocenters. The number of carbonyl (C=O) groups is 1. The van der Waals surface area contributed by atoms with Crippen LogP contribution in [0.25, 0.3) is 0 Å². The molecule has 0 aromatic rings. The predicted octanol–water partition coefficient (Wildman–Crippen LogP) is -0.112. The van der Waals surface area contributed by atoms with Crippen LogP contribution in [0.3, 0.4) is 0 Å². The summed E-state index contributed by atoms with van der Waals surface area (Å²) in [6, 6.07) is -0.315. The van der Waals surface area contributed by atoms with Crippen molar-refractivity contribution in [3.8, 4) is 0 Å². The smallest absolute Gasteiger partial charge is 0.236 e. The first-order chi connectivity index (χ1) is 7.43. The molecule has 0 radical (unpaired) electrons. The van der Waals surface area contributed by atoms with Crippen LogP contribution in [0.1, 0.15) is 27.2 Å². The third-order valence-corrected chi connectivity index (χ3v) is 2.22. The van der Waals surface area contributed by atoms with E-state index in [-0.39, 0.29) is 18.6 Å². The molecule has 0 rings (SSSR count). The van der Waals surface area contributed by atoms with Crippen molar-refractivity contribution in [1.82, 2.24) is 10.6 Å². The van der Waals surface area contributed by atoms with Crippen molar-refractivity contribution in [1.29, 1.82) is 0 Å². The molecular formula is C11H24N2O3. The number of hydrogen-bond donors (Lipinski definition) is 3. The van der Waals surface area contributed by atoms with Gasteiger partial charge in [0, 0.05) is 25.8 Å². The zero-order valence-electron chi connectivity index (χ0n) is 10.7. The van der Waals surface area contributed by atoms with Crippen LogP contribution in [0, 0.1) is 0 Å². The second-order valence-corrected chi connectivity index (χ2v) is 4.55. The Hall–Kier alpha value is -0.650. The number of hydrogen-bond acceptors (Lipinski definition) is 4. The Morgan fingerprint density at radius 1 is 1.50 bits per heavy atom. The first kappa shape index (κ1) is 15.3. The molecule has 0 bridgehead atoms. The zero-order valence-corrected chi connectivity index (χ0v) is 10.7. The molecule has 1 amide bonds. The first-order valence-electron chi connectivity index (χ1n) is 5.58. The predicted molar refractivity (Wildman–Crippen MR) is 63.3 cm³/mol. The van der Waals surface area contributed by atoms with Gasteiger partial charge in [-0.25, -0.2) is 0 Å². The highest BCUT2D eigenvalue weighted by atomic mass is 16.5. The average Bonchev–Trinajstić information content (AvgIpc) is 2.23. The van der Waals surface area contributed by atoms with Gasteiger partial charge in [-0.3, -0.25) is 10.1 Å². The van der Waals surface area contributed by atoms with Crippen LogP contribution in [0.15, 0.2) is 0 Å². The number of methoxy groups -OCH3 is 1. The average molecular weight is 232 g/mol. The number of rotatable bonds is 8. The molecule has 0 aliphatic rings. The Morgan fingerprint density at radius 3 is 2.62 bits per heavy atom. The van der Waals surface area contributed by atoms with Gasteiger partial charge in [0.25, 0.3) is 0 Å². The molecule has 0 spiro atoms. The Balaban J connectivity index is 3.82. The highest BCUT2D eigenvalue weighted by Gasteiger charge is 2.22. The summed E-state index contributed by atoms with van der Waals surface area (Å²) in [5.74, 6) is -0.0578. The molecule has 0 aromatic heterocycles. The molecule has 0 saturated heterocycles. The topological polar surface area (TPSA) is 70.6 Å². The molecule has 0 aliphatic carbocycles. The van der Waals surface area contributed by atoms with E-state index < -0.39 is 5.54 Å². The van der Waals surface area contributed by atoms with Crippen LogP contribution >= 0.6 is 0 Å². The molecular weight excluding hydrogens is 208 g/mol. The number of aliphatic hydroxyl groups is 1. The van der Waals surface area contributed by atoms with Crippen LogP contribution < -0.4 is 10.6 Å². The maximum Gasteiger partial charge on any atom is 0.236 e. The van der Waals surface area contributed by atoms with Crippen molar-refractivity contribution >= 4 is 5.91 Å². The van der Waals surface area contributed by atoms with Crippen LogP contribution in [0.5, 0.6) is 0 Å². The van der Waals surface area contributed by atoms with Gasteiger partial charge in [-0.1, -0.05) is 0 Å². The van der Waals surface area contributed by atoms with E-state index in [1.165, 1.54) is 0 Å². The van der Waals surface area contributed by atoms with Gasteiger partial charge in [0.2, 0.25) is 5.91 Å². The highest BCUT2D eigenvalue weighted by molar-refractivity contribution is 5.81. The van der Waals surface area contributed by atoms with Gasteiger partial charge in [-0.2, -0.15) is 0 Å². The van der Waals surface area contributed by atoms with Crippen molar-refractivity contribution in [2.75, 3.05) is 26.9 Å². The lowest BCUT2D eigenvalue weighted by Gasteiger charge is -2.27. The lowest BCUT2D eigenvalue weighted by molar-refractivity contribution is -0.123. The normalized spacial score (nSPS) is 13.6. The van der Waals surface area contributed by atoms with Crippen LogP contribution in [-0.4, -0.2) is 49.5 Å². The van der Waals surface area contributed by atoms with Crippen LogP contribution in [-0.2, 0) is 9.53 Å². The first-order valence-corrected chi connectivity index (χ1v) is 5.58. The Kier molecular flexibility index (Phi) is 7.29. The standard InChI is InChI=1S/C11H24N2O3/c1-9(13-11(2,3)8-14)10(15)12-6-5-7-16-4/h9,13-14H,5-8H2,1-4H3,(H,12,15). The van der Waals surface area contributed by atoms with Crippen molar-refractivity contribution in [2.45, 2.75) is 38.8 Å². The van der Waals surface area contributed by atoms with Gasteiger partial charge in [-0.15, -0.1) is 0 Å². The van der Waals surface area contributed by atoms with E-state index in [1.807, 2.05) is 13.8 Å². The molecule has 96 valence electrons. The van der Waals surface area contributed by atoms with Crippen molar-refractivity contribution < 1.29 is 14.6 Å². The third kappa shape index (κ3) is 6.76. The second kappa shape index (κ2) is 7.60. The quantitative estimate of drug-likeness (QED) is 0.511. The SMILES string of the molecule is COCCCNC(=O)C(C)NC(C)(C)CO. The third-order valence-electron chi connectivity index (χ3n) is 2.22. The fourth-order valence-corrected chi connectivity index (χ4v) is 1.28. The fourth-order valence-electron chi connectivity index (χ4n) is 1.28. The molecule has 3 N–H and O–H groups in total. The van der Waals surface area contributed by atoms with Crippen LogP contribution in [0.2, 0.25) is 0 Å². The molecule has 16 heavy (non-hydrogen) atoms. The minimum absolute atomic E-state index is 0.00566. The van der Waals surface area contributed by atoms with Gasteiger partial charge in [0.15, 0.2) is 0 Å². The molecule has 5 nitrogen and oxygen atoms in total. The molecule has 1 unspecified atom stereocenters. The minimum Gasteiger partial charge on any atom is -0.394 e. The van der Waals surface area contributed by atoms with Gasteiger partial charge in [-0.05, 0) is 27.2 Å². The van der Waals surface area contributed by atoms with Crippen LogP contribution in [0.4, 0.5) is 0 Å². The molecule has 0 saturated carbocycles. The summed E-state index contributed by atoms with van der Waals surface area (Å²) in [4.78, 5) is 11.6. The lowest BCUT2D eigenvalue weighted by Crippen LogP contribution is -2.53. The molecule has 5 heteroatoms. The van der Waals surface area contributed by atoms with E-state index in [2.05, 4.69) is 10.6 Å². The van der Waals surface area contributed by atoms with E-state index in [9.17, 15) is 4.79 Å².